The summed E-state index contributed by atoms with van der Waals surface area (Å²) in [5.74, 6) is 0.565. The Morgan fingerprint density at radius 1 is 1.45 bits per heavy atom. The minimum atomic E-state index is 0.565. The molecule has 1 nitrogen and oxygen atoms in total. The van der Waals surface area contributed by atoms with Crippen LogP contribution in [0.25, 0.3) is 0 Å². The first kappa shape index (κ1) is 8.72. The van der Waals surface area contributed by atoms with E-state index >= 15 is 0 Å². The second-order valence-corrected chi connectivity index (χ2v) is 3.83. The molecule has 0 bridgehead atoms. The largest absolute Gasteiger partial charge is 0.249 e. The summed E-state index contributed by atoms with van der Waals surface area (Å²) in [5.41, 5.74) is 2.63. The highest BCUT2D eigenvalue weighted by molar-refractivity contribution is 9.10. The van der Waals surface area contributed by atoms with Crippen LogP contribution in [0, 0.1) is 6.92 Å². The lowest BCUT2D eigenvalue weighted by atomic mass is 10.0. The topological polar surface area (TPSA) is 12.9 Å². The summed E-state index contributed by atoms with van der Waals surface area (Å²) in [7, 11) is 0. The van der Waals surface area contributed by atoms with Gasteiger partial charge in [0.15, 0.2) is 0 Å². The van der Waals surface area contributed by atoms with Gasteiger partial charge in [-0.3, -0.25) is 0 Å². The second kappa shape index (κ2) is 3.35. The summed E-state index contributed by atoms with van der Waals surface area (Å²) in [6.07, 6.45) is 1.93. The van der Waals surface area contributed by atoms with Crippen LogP contribution in [0.3, 0.4) is 0 Å². The minimum Gasteiger partial charge on any atom is -0.249 e. The van der Waals surface area contributed by atoms with Gasteiger partial charge in [-0.05, 0) is 46.0 Å². The average molecular weight is 214 g/mol. The number of rotatable bonds is 1. The van der Waals surface area contributed by atoms with Crippen LogP contribution in [0.5, 0.6) is 0 Å². The van der Waals surface area contributed by atoms with Crippen LogP contribution >= 0.6 is 15.9 Å². The number of nitrogens with zero attached hydrogens (tertiary/aromatic N) is 1. The Labute approximate surface area is 76.0 Å². The van der Waals surface area contributed by atoms with E-state index in [2.05, 4.69) is 47.8 Å². The van der Waals surface area contributed by atoms with E-state index in [1.54, 1.807) is 0 Å². The molecule has 0 aliphatic heterocycles. The van der Waals surface area contributed by atoms with Crippen LogP contribution in [0.2, 0.25) is 0 Å². The number of hydrogen-bond donors (Lipinski definition) is 0. The normalized spacial score (nSPS) is 10.6. The molecular weight excluding hydrogens is 202 g/mol. The summed E-state index contributed by atoms with van der Waals surface area (Å²) < 4.78 is 0.916. The van der Waals surface area contributed by atoms with Crippen LogP contribution in [0.15, 0.2) is 16.9 Å². The number of pyridine rings is 1. The highest BCUT2D eigenvalue weighted by Gasteiger charge is 2.03. The standard InChI is InChI=1S/C9H12BrN/c1-6(2)8-5-11-9(10)4-7(8)3/h4-6H,1-3H3. The number of halogens is 1. The molecule has 0 spiro atoms. The molecule has 11 heavy (non-hydrogen) atoms. The molecular formula is C9H12BrN. The smallest absolute Gasteiger partial charge is 0.106 e. The molecule has 0 atom stereocenters. The van der Waals surface area contributed by atoms with Crippen LogP contribution in [-0.2, 0) is 0 Å². The minimum absolute atomic E-state index is 0.565. The van der Waals surface area contributed by atoms with Gasteiger partial charge < -0.3 is 0 Å². The highest BCUT2D eigenvalue weighted by Crippen LogP contribution is 2.19. The van der Waals surface area contributed by atoms with Crippen molar-refractivity contribution in [3.05, 3.63) is 28.0 Å². The number of hydrogen-bond acceptors (Lipinski definition) is 1. The van der Waals surface area contributed by atoms with Crippen molar-refractivity contribution >= 4 is 15.9 Å². The molecule has 1 aromatic rings. The van der Waals surface area contributed by atoms with Gasteiger partial charge in [0.1, 0.15) is 4.60 Å². The fourth-order valence-corrected chi connectivity index (χ4v) is 1.58. The summed E-state index contributed by atoms with van der Waals surface area (Å²) in [6, 6.07) is 2.05. The molecule has 0 fully saturated rings. The van der Waals surface area contributed by atoms with Crippen LogP contribution in [-0.4, -0.2) is 4.98 Å². The van der Waals surface area contributed by atoms with E-state index in [1.807, 2.05) is 6.20 Å². The predicted octanol–water partition coefficient (Wildman–Crippen LogP) is 3.28. The van der Waals surface area contributed by atoms with Crippen molar-refractivity contribution in [3.63, 3.8) is 0 Å². The lowest BCUT2D eigenvalue weighted by Crippen LogP contribution is -1.93. The molecule has 0 aliphatic rings. The molecule has 0 aliphatic carbocycles. The average Bonchev–Trinajstić information content (AvgIpc) is 1.85. The molecule has 0 radical (unpaired) electrons. The molecule has 0 aromatic carbocycles. The first-order valence-electron chi connectivity index (χ1n) is 3.73. The third-order valence-corrected chi connectivity index (χ3v) is 2.17. The molecule has 0 saturated carbocycles. The van der Waals surface area contributed by atoms with Crippen molar-refractivity contribution in [1.82, 2.24) is 4.98 Å². The molecule has 0 amide bonds. The zero-order valence-electron chi connectivity index (χ0n) is 7.06. The van der Waals surface area contributed by atoms with E-state index in [9.17, 15) is 0 Å². The van der Waals surface area contributed by atoms with E-state index in [0.29, 0.717) is 5.92 Å². The van der Waals surface area contributed by atoms with E-state index in [1.165, 1.54) is 11.1 Å². The Morgan fingerprint density at radius 2 is 2.09 bits per heavy atom. The Morgan fingerprint density at radius 3 is 2.55 bits per heavy atom. The van der Waals surface area contributed by atoms with Gasteiger partial charge in [0.2, 0.25) is 0 Å². The van der Waals surface area contributed by atoms with E-state index < -0.39 is 0 Å². The summed E-state index contributed by atoms with van der Waals surface area (Å²) >= 11 is 3.33. The molecule has 1 aromatic heterocycles. The van der Waals surface area contributed by atoms with Gasteiger partial charge in [-0.1, -0.05) is 13.8 Å². The third kappa shape index (κ3) is 2.03. The van der Waals surface area contributed by atoms with Gasteiger partial charge in [-0.25, -0.2) is 4.98 Å². The first-order valence-corrected chi connectivity index (χ1v) is 4.52. The third-order valence-electron chi connectivity index (χ3n) is 1.74. The molecule has 0 saturated heterocycles. The molecule has 1 heterocycles. The lowest BCUT2D eigenvalue weighted by Gasteiger charge is -2.07. The van der Waals surface area contributed by atoms with Crippen LogP contribution in [0.4, 0.5) is 0 Å². The zero-order valence-corrected chi connectivity index (χ0v) is 8.64. The lowest BCUT2D eigenvalue weighted by molar-refractivity contribution is 0.845. The van der Waals surface area contributed by atoms with Crippen molar-refractivity contribution in [1.29, 1.82) is 0 Å². The van der Waals surface area contributed by atoms with Crippen molar-refractivity contribution in [3.8, 4) is 0 Å². The SMILES string of the molecule is Cc1cc(Br)ncc1C(C)C. The first-order chi connectivity index (χ1) is 5.11. The van der Waals surface area contributed by atoms with Crippen molar-refractivity contribution in [2.75, 3.05) is 0 Å². The van der Waals surface area contributed by atoms with Gasteiger partial charge in [0.25, 0.3) is 0 Å². The number of aryl methyl sites for hydroxylation is 1. The second-order valence-electron chi connectivity index (χ2n) is 3.02. The Balaban J connectivity index is 3.09. The molecule has 2 heteroatoms. The van der Waals surface area contributed by atoms with Crippen LogP contribution in [0.1, 0.15) is 30.9 Å². The van der Waals surface area contributed by atoms with E-state index in [0.717, 1.165) is 4.60 Å². The summed E-state index contributed by atoms with van der Waals surface area (Å²) in [4.78, 5) is 4.18. The highest BCUT2D eigenvalue weighted by atomic mass is 79.9. The monoisotopic (exact) mass is 213 g/mol. The Bertz CT molecular complexity index is 256. The van der Waals surface area contributed by atoms with Crippen molar-refractivity contribution in [2.45, 2.75) is 26.7 Å². The molecule has 0 unspecified atom stereocenters. The van der Waals surface area contributed by atoms with Gasteiger partial charge >= 0.3 is 0 Å². The number of aromatic nitrogens is 1. The quantitative estimate of drug-likeness (QED) is 0.653. The summed E-state index contributed by atoms with van der Waals surface area (Å²) in [6.45, 7) is 6.47. The fourth-order valence-electron chi connectivity index (χ4n) is 1.14. The van der Waals surface area contributed by atoms with Gasteiger partial charge in [0.05, 0.1) is 0 Å². The van der Waals surface area contributed by atoms with Gasteiger partial charge in [-0.2, -0.15) is 0 Å². The van der Waals surface area contributed by atoms with Crippen molar-refractivity contribution < 1.29 is 0 Å². The molecule has 1 rings (SSSR count). The Kier molecular flexibility index (Phi) is 2.66. The zero-order chi connectivity index (χ0) is 8.43. The maximum absolute atomic E-state index is 4.18. The van der Waals surface area contributed by atoms with E-state index in [4.69, 9.17) is 0 Å². The maximum Gasteiger partial charge on any atom is 0.106 e. The van der Waals surface area contributed by atoms with Crippen LogP contribution < -0.4 is 0 Å². The molecule has 60 valence electrons. The fraction of sp³-hybridized carbons (Fsp3) is 0.444. The Hall–Kier alpha value is -0.370. The van der Waals surface area contributed by atoms with Gasteiger partial charge in [0, 0.05) is 6.20 Å². The maximum atomic E-state index is 4.18. The molecule has 0 N–H and O–H groups in total. The van der Waals surface area contributed by atoms with Crippen molar-refractivity contribution in [2.24, 2.45) is 0 Å². The summed E-state index contributed by atoms with van der Waals surface area (Å²) in [5, 5.41) is 0. The van der Waals surface area contributed by atoms with E-state index in [-0.39, 0.29) is 0 Å². The predicted molar refractivity (Wildman–Crippen MR) is 50.8 cm³/mol. The van der Waals surface area contributed by atoms with Gasteiger partial charge in [-0.15, -0.1) is 0 Å².